The molecule has 3 aromatic rings. The zero-order valence-electron chi connectivity index (χ0n) is 12.6. The predicted molar refractivity (Wildman–Crippen MR) is 89.9 cm³/mol. The summed E-state index contributed by atoms with van der Waals surface area (Å²) in [4.78, 5) is 12.4. The first-order chi connectivity index (χ1) is 10.2. The van der Waals surface area contributed by atoms with Crippen molar-refractivity contribution < 1.29 is 0 Å². The highest BCUT2D eigenvalue weighted by atomic mass is 32.1. The fraction of sp³-hybridized carbons (Fsp3) is 0.294. The molecule has 1 aromatic carbocycles. The van der Waals surface area contributed by atoms with Gasteiger partial charge in [0, 0.05) is 12.6 Å². The molecule has 0 saturated carbocycles. The second kappa shape index (κ2) is 5.82. The minimum atomic E-state index is 0.377. The zero-order valence-corrected chi connectivity index (χ0v) is 13.4. The number of nitrogens with zero attached hydrogens (tertiary/aromatic N) is 3. The lowest BCUT2D eigenvalue weighted by atomic mass is 10.1. The molecular weight excluding hydrogens is 278 g/mol. The Morgan fingerprint density at radius 1 is 1.14 bits per heavy atom. The number of rotatable bonds is 4. The van der Waals surface area contributed by atoms with Gasteiger partial charge in [0.05, 0.1) is 5.39 Å². The quantitative estimate of drug-likeness (QED) is 0.714. The van der Waals surface area contributed by atoms with Crippen molar-refractivity contribution in [1.82, 2.24) is 9.97 Å². The molecule has 0 atom stereocenters. The molecule has 0 saturated heterocycles. The highest BCUT2D eigenvalue weighted by Gasteiger charge is 2.18. The van der Waals surface area contributed by atoms with Gasteiger partial charge in [0.1, 0.15) is 17.0 Å². The molecule has 0 fully saturated rings. The first-order valence-corrected chi connectivity index (χ1v) is 8.04. The maximum atomic E-state index is 4.58. The van der Waals surface area contributed by atoms with E-state index in [1.807, 2.05) is 0 Å². The van der Waals surface area contributed by atoms with Crippen LogP contribution in [0.25, 0.3) is 10.2 Å². The van der Waals surface area contributed by atoms with Crippen molar-refractivity contribution in [3.8, 4) is 0 Å². The maximum Gasteiger partial charge on any atom is 0.141 e. The fourth-order valence-electron chi connectivity index (χ4n) is 2.50. The molecule has 3 nitrogen and oxygen atoms in total. The Kier molecular flexibility index (Phi) is 3.88. The van der Waals surface area contributed by atoms with E-state index in [0.29, 0.717) is 6.04 Å². The molecule has 0 unspecified atom stereocenters. The molecule has 108 valence electrons. The molecule has 4 heteroatoms. The second-order valence-corrected chi connectivity index (χ2v) is 6.36. The van der Waals surface area contributed by atoms with Crippen LogP contribution in [0.2, 0.25) is 0 Å². The summed E-state index contributed by atoms with van der Waals surface area (Å²) in [5.74, 6) is 1.04. The summed E-state index contributed by atoms with van der Waals surface area (Å²) in [6.07, 6.45) is 1.67. The van der Waals surface area contributed by atoms with Gasteiger partial charge in [-0.05, 0) is 37.3 Å². The van der Waals surface area contributed by atoms with Gasteiger partial charge in [-0.1, -0.05) is 30.3 Å². The largest absolute Gasteiger partial charge is 0.349 e. The van der Waals surface area contributed by atoms with E-state index in [1.165, 1.54) is 16.5 Å². The third-order valence-corrected chi connectivity index (χ3v) is 4.63. The van der Waals surface area contributed by atoms with Crippen LogP contribution in [0.5, 0.6) is 0 Å². The molecule has 0 aliphatic rings. The smallest absolute Gasteiger partial charge is 0.141 e. The third-order valence-electron chi connectivity index (χ3n) is 3.63. The summed E-state index contributed by atoms with van der Waals surface area (Å²) in [5, 5.41) is 3.34. The third kappa shape index (κ3) is 2.76. The molecule has 2 heterocycles. The summed E-state index contributed by atoms with van der Waals surface area (Å²) < 4.78 is 0. The van der Waals surface area contributed by atoms with E-state index in [4.69, 9.17) is 0 Å². The van der Waals surface area contributed by atoms with Crippen molar-refractivity contribution in [2.45, 2.75) is 33.4 Å². The molecule has 0 spiro atoms. The van der Waals surface area contributed by atoms with Gasteiger partial charge in [-0.25, -0.2) is 9.97 Å². The highest BCUT2D eigenvalue weighted by molar-refractivity contribution is 7.17. The number of benzene rings is 1. The van der Waals surface area contributed by atoms with Gasteiger partial charge in [0.2, 0.25) is 0 Å². The summed E-state index contributed by atoms with van der Waals surface area (Å²) in [6, 6.07) is 10.9. The van der Waals surface area contributed by atoms with Crippen LogP contribution in [-0.2, 0) is 6.54 Å². The van der Waals surface area contributed by atoms with Gasteiger partial charge >= 0.3 is 0 Å². The van der Waals surface area contributed by atoms with Gasteiger partial charge in [0.15, 0.2) is 0 Å². The Bertz CT molecular complexity index is 734. The minimum absolute atomic E-state index is 0.377. The van der Waals surface area contributed by atoms with Gasteiger partial charge in [-0.3, -0.25) is 0 Å². The standard InChI is InChI=1S/C17H19N3S/c1-12(2)20(9-14-7-5-4-6-8-14)16-15-13(3)10-21-17(15)19-11-18-16/h4-8,10-12H,9H2,1-3H3. The lowest BCUT2D eigenvalue weighted by molar-refractivity contribution is 0.674. The average Bonchev–Trinajstić information content (AvgIpc) is 2.87. The van der Waals surface area contributed by atoms with Gasteiger partial charge in [-0.2, -0.15) is 0 Å². The van der Waals surface area contributed by atoms with Crippen LogP contribution in [-0.4, -0.2) is 16.0 Å². The maximum absolute atomic E-state index is 4.58. The first-order valence-electron chi connectivity index (χ1n) is 7.16. The Morgan fingerprint density at radius 2 is 1.90 bits per heavy atom. The van der Waals surface area contributed by atoms with Crippen LogP contribution in [0.15, 0.2) is 42.0 Å². The highest BCUT2D eigenvalue weighted by Crippen LogP contribution is 2.32. The SMILES string of the molecule is Cc1csc2ncnc(N(Cc3ccccc3)C(C)C)c12. The van der Waals surface area contributed by atoms with E-state index in [9.17, 15) is 0 Å². The molecule has 21 heavy (non-hydrogen) atoms. The van der Waals surface area contributed by atoms with E-state index < -0.39 is 0 Å². The van der Waals surface area contributed by atoms with Crippen molar-refractivity contribution in [2.24, 2.45) is 0 Å². The molecule has 0 bridgehead atoms. The molecule has 2 aromatic heterocycles. The number of hydrogen-bond donors (Lipinski definition) is 0. The van der Waals surface area contributed by atoms with Crippen molar-refractivity contribution in [1.29, 1.82) is 0 Å². The van der Waals surface area contributed by atoms with E-state index in [1.54, 1.807) is 17.7 Å². The first kappa shape index (κ1) is 14.0. The van der Waals surface area contributed by atoms with Gasteiger partial charge in [-0.15, -0.1) is 11.3 Å². The van der Waals surface area contributed by atoms with Crippen molar-refractivity contribution in [2.75, 3.05) is 4.90 Å². The lowest BCUT2D eigenvalue weighted by Gasteiger charge is -2.28. The van der Waals surface area contributed by atoms with E-state index >= 15 is 0 Å². The normalized spacial score (nSPS) is 11.2. The summed E-state index contributed by atoms with van der Waals surface area (Å²) in [6.45, 7) is 7.41. The van der Waals surface area contributed by atoms with Crippen LogP contribution in [0.1, 0.15) is 25.0 Å². The molecular formula is C17H19N3S. The van der Waals surface area contributed by atoms with Crippen molar-refractivity contribution in [3.63, 3.8) is 0 Å². The van der Waals surface area contributed by atoms with E-state index in [2.05, 4.69) is 71.4 Å². The molecule has 0 aliphatic carbocycles. The zero-order chi connectivity index (χ0) is 14.8. The Labute approximate surface area is 129 Å². The second-order valence-electron chi connectivity index (χ2n) is 5.50. The molecule has 0 radical (unpaired) electrons. The van der Waals surface area contributed by atoms with Crippen LogP contribution >= 0.6 is 11.3 Å². The van der Waals surface area contributed by atoms with Crippen LogP contribution in [0.4, 0.5) is 5.82 Å². The summed E-state index contributed by atoms with van der Waals surface area (Å²) >= 11 is 1.69. The molecule has 3 rings (SSSR count). The van der Waals surface area contributed by atoms with Crippen molar-refractivity contribution >= 4 is 27.4 Å². The van der Waals surface area contributed by atoms with Crippen molar-refractivity contribution in [3.05, 3.63) is 53.2 Å². The lowest BCUT2D eigenvalue weighted by Crippen LogP contribution is -2.31. The monoisotopic (exact) mass is 297 g/mol. The Balaban J connectivity index is 2.06. The van der Waals surface area contributed by atoms with Crippen LogP contribution < -0.4 is 4.90 Å². The van der Waals surface area contributed by atoms with Crippen LogP contribution in [0, 0.1) is 6.92 Å². The van der Waals surface area contributed by atoms with Crippen LogP contribution in [0.3, 0.4) is 0 Å². The Hall–Kier alpha value is -1.94. The fourth-order valence-corrected chi connectivity index (χ4v) is 3.38. The van der Waals surface area contributed by atoms with E-state index in [0.717, 1.165) is 17.2 Å². The van der Waals surface area contributed by atoms with Gasteiger partial charge < -0.3 is 4.90 Å². The number of aromatic nitrogens is 2. The average molecular weight is 297 g/mol. The summed E-state index contributed by atoms with van der Waals surface area (Å²) in [5.41, 5.74) is 2.55. The molecule has 0 aliphatic heterocycles. The molecule has 0 amide bonds. The van der Waals surface area contributed by atoms with E-state index in [-0.39, 0.29) is 0 Å². The Morgan fingerprint density at radius 3 is 2.62 bits per heavy atom. The summed E-state index contributed by atoms with van der Waals surface area (Å²) in [7, 11) is 0. The number of thiophene rings is 1. The number of hydrogen-bond acceptors (Lipinski definition) is 4. The predicted octanol–water partition coefficient (Wildman–Crippen LogP) is 4.41. The molecule has 0 N–H and O–H groups in total. The van der Waals surface area contributed by atoms with Gasteiger partial charge in [0.25, 0.3) is 0 Å². The number of fused-ring (bicyclic) bond motifs is 1. The number of aryl methyl sites for hydroxylation is 1. The number of anilines is 1. The minimum Gasteiger partial charge on any atom is -0.349 e. The topological polar surface area (TPSA) is 29.0 Å².